The van der Waals surface area contributed by atoms with Crippen LogP contribution in [0.4, 0.5) is 11.5 Å². The highest BCUT2D eigenvalue weighted by atomic mass is 32.2. The van der Waals surface area contributed by atoms with Gasteiger partial charge in [0.2, 0.25) is 10.0 Å². The lowest BCUT2D eigenvalue weighted by molar-refractivity contribution is 0.0730. The lowest BCUT2D eigenvalue weighted by atomic mass is 10.2. The second kappa shape index (κ2) is 9.54. The summed E-state index contributed by atoms with van der Waals surface area (Å²) < 4.78 is 64.0. The van der Waals surface area contributed by atoms with Crippen LogP contribution in [0.1, 0.15) is 16.1 Å². The SMILES string of the molecule is Cc1cc(NS(=O)(=O)c2ccc(NC(=O)c3ccc(S(=O)(=O)N4CCOCC4)cc3)cc2)no1. The molecule has 1 fully saturated rings. The quantitative estimate of drug-likeness (QED) is 0.495. The Morgan fingerprint density at radius 1 is 0.941 bits per heavy atom. The molecule has 4 rings (SSSR count). The third-order valence-corrected chi connectivity index (χ3v) is 8.30. The Balaban J connectivity index is 1.41. The summed E-state index contributed by atoms with van der Waals surface area (Å²) in [5, 5.41) is 6.25. The Hall–Kier alpha value is -3.26. The number of aryl methyl sites for hydroxylation is 1. The molecule has 1 amide bonds. The number of benzene rings is 2. The summed E-state index contributed by atoms with van der Waals surface area (Å²) in [5.41, 5.74) is 0.618. The van der Waals surface area contributed by atoms with E-state index in [0.717, 1.165) is 0 Å². The summed E-state index contributed by atoms with van der Waals surface area (Å²) in [6, 6.07) is 12.6. The number of hydrogen-bond donors (Lipinski definition) is 2. The summed E-state index contributed by atoms with van der Waals surface area (Å²) >= 11 is 0. The summed E-state index contributed by atoms with van der Waals surface area (Å²) in [6.07, 6.45) is 0. The number of nitrogens with one attached hydrogen (secondary N) is 2. The molecule has 1 saturated heterocycles. The predicted molar refractivity (Wildman–Crippen MR) is 122 cm³/mol. The highest BCUT2D eigenvalue weighted by Crippen LogP contribution is 2.20. The first-order chi connectivity index (χ1) is 16.1. The third kappa shape index (κ3) is 5.28. The number of carbonyl (C=O) groups excluding carboxylic acids is 1. The van der Waals surface area contributed by atoms with Crippen LogP contribution in [-0.2, 0) is 24.8 Å². The van der Waals surface area contributed by atoms with Crippen LogP contribution in [0.25, 0.3) is 0 Å². The van der Waals surface area contributed by atoms with E-state index < -0.39 is 26.0 Å². The first-order valence-electron chi connectivity index (χ1n) is 10.2. The summed E-state index contributed by atoms with van der Waals surface area (Å²) in [7, 11) is -7.53. The van der Waals surface area contributed by atoms with Gasteiger partial charge in [0.15, 0.2) is 5.82 Å². The molecule has 1 aliphatic heterocycles. The van der Waals surface area contributed by atoms with Gasteiger partial charge in [-0.1, -0.05) is 5.16 Å². The molecule has 1 aromatic heterocycles. The standard InChI is InChI=1S/C21H22N4O7S2/c1-15-14-20(23-32-15)24-33(27,28)18-8-4-17(5-9-18)22-21(26)16-2-6-19(7-3-16)34(29,30)25-10-12-31-13-11-25/h2-9,14H,10-13H2,1H3,(H,22,26)(H,23,24). The van der Waals surface area contributed by atoms with Crippen LogP contribution >= 0.6 is 0 Å². The second-order valence-electron chi connectivity index (χ2n) is 7.45. The molecule has 2 heterocycles. The van der Waals surface area contributed by atoms with Crippen LogP contribution < -0.4 is 10.0 Å². The zero-order chi connectivity index (χ0) is 24.3. The van der Waals surface area contributed by atoms with Crippen LogP contribution in [0.15, 0.2) is 68.9 Å². The van der Waals surface area contributed by atoms with Gasteiger partial charge in [-0.15, -0.1) is 0 Å². The number of hydrogen-bond acceptors (Lipinski definition) is 8. The van der Waals surface area contributed by atoms with E-state index in [1.165, 1.54) is 58.9 Å². The molecule has 0 aliphatic carbocycles. The molecular weight excluding hydrogens is 484 g/mol. The maximum absolute atomic E-state index is 12.7. The summed E-state index contributed by atoms with van der Waals surface area (Å²) in [4.78, 5) is 12.6. The van der Waals surface area contributed by atoms with E-state index in [1.54, 1.807) is 6.92 Å². The van der Waals surface area contributed by atoms with Gasteiger partial charge < -0.3 is 14.6 Å². The first-order valence-corrected chi connectivity index (χ1v) is 13.1. The lowest BCUT2D eigenvalue weighted by Crippen LogP contribution is -2.40. The van der Waals surface area contributed by atoms with Gasteiger partial charge in [-0.25, -0.2) is 16.8 Å². The van der Waals surface area contributed by atoms with Crippen molar-refractivity contribution < 1.29 is 30.9 Å². The molecule has 0 radical (unpaired) electrons. The fraction of sp³-hybridized carbons (Fsp3) is 0.238. The van der Waals surface area contributed by atoms with Crippen LogP contribution in [0, 0.1) is 6.92 Å². The molecule has 180 valence electrons. The van der Waals surface area contributed by atoms with E-state index >= 15 is 0 Å². The fourth-order valence-electron chi connectivity index (χ4n) is 3.25. The maximum atomic E-state index is 12.7. The minimum Gasteiger partial charge on any atom is -0.379 e. The average Bonchev–Trinajstić information content (AvgIpc) is 3.23. The number of amides is 1. The topological polar surface area (TPSA) is 148 Å². The van der Waals surface area contributed by atoms with E-state index in [9.17, 15) is 21.6 Å². The molecule has 0 bridgehead atoms. The highest BCUT2D eigenvalue weighted by Gasteiger charge is 2.26. The third-order valence-electron chi connectivity index (χ3n) is 5.01. The van der Waals surface area contributed by atoms with Crippen molar-refractivity contribution >= 4 is 37.5 Å². The molecule has 0 atom stereocenters. The van der Waals surface area contributed by atoms with Crippen LogP contribution in [0.3, 0.4) is 0 Å². The van der Waals surface area contributed by atoms with Gasteiger partial charge in [-0.3, -0.25) is 9.52 Å². The molecule has 3 aromatic rings. The van der Waals surface area contributed by atoms with Gasteiger partial charge in [0.1, 0.15) is 5.76 Å². The zero-order valence-electron chi connectivity index (χ0n) is 18.1. The van der Waals surface area contributed by atoms with E-state index in [-0.39, 0.29) is 34.3 Å². The molecule has 34 heavy (non-hydrogen) atoms. The Morgan fingerprint density at radius 3 is 2.15 bits per heavy atom. The van der Waals surface area contributed by atoms with Gasteiger partial charge >= 0.3 is 0 Å². The fourth-order valence-corrected chi connectivity index (χ4v) is 5.64. The van der Waals surface area contributed by atoms with Gasteiger partial charge in [0, 0.05) is 30.4 Å². The van der Waals surface area contributed by atoms with Gasteiger partial charge in [0.05, 0.1) is 23.0 Å². The van der Waals surface area contributed by atoms with Crippen molar-refractivity contribution in [3.05, 3.63) is 65.9 Å². The Kier molecular flexibility index (Phi) is 6.70. The maximum Gasteiger partial charge on any atom is 0.263 e. The Morgan fingerprint density at radius 2 is 1.56 bits per heavy atom. The van der Waals surface area contributed by atoms with Crippen molar-refractivity contribution in [1.29, 1.82) is 0 Å². The lowest BCUT2D eigenvalue weighted by Gasteiger charge is -2.26. The van der Waals surface area contributed by atoms with E-state index in [0.29, 0.717) is 24.7 Å². The Labute approximate surface area is 196 Å². The number of rotatable bonds is 7. The molecule has 11 nitrogen and oxygen atoms in total. The number of aromatic nitrogens is 1. The molecule has 1 aliphatic rings. The van der Waals surface area contributed by atoms with Crippen molar-refractivity contribution in [3.8, 4) is 0 Å². The van der Waals surface area contributed by atoms with Crippen LogP contribution in [0.2, 0.25) is 0 Å². The summed E-state index contributed by atoms with van der Waals surface area (Å²) in [6.45, 7) is 2.89. The first kappa shape index (κ1) is 23.9. The van der Waals surface area contributed by atoms with E-state index in [1.807, 2.05) is 0 Å². The zero-order valence-corrected chi connectivity index (χ0v) is 19.7. The molecule has 0 saturated carbocycles. The average molecular weight is 507 g/mol. The smallest absolute Gasteiger partial charge is 0.263 e. The molecule has 2 N–H and O–H groups in total. The number of anilines is 2. The molecule has 13 heteroatoms. The van der Waals surface area contributed by atoms with Crippen molar-refractivity contribution in [2.75, 3.05) is 36.3 Å². The van der Waals surface area contributed by atoms with Gasteiger partial charge in [-0.05, 0) is 55.5 Å². The molecule has 0 spiro atoms. The summed E-state index contributed by atoms with van der Waals surface area (Å²) in [5.74, 6) is 0.0542. The van der Waals surface area contributed by atoms with E-state index in [4.69, 9.17) is 9.26 Å². The minimum atomic E-state index is -3.88. The van der Waals surface area contributed by atoms with Crippen LogP contribution in [0.5, 0.6) is 0 Å². The van der Waals surface area contributed by atoms with Gasteiger partial charge in [0.25, 0.3) is 15.9 Å². The van der Waals surface area contributed by atoms with Crippen molar-refractivity contribution in [1.82, 2.24) is 9.46 Å². The van der Waals surface area contributed by atoms with Crippen molar-refractivity contribution in [2.45, 2.75) is 16.7 Å². The number of sulfonamides is 2. The normalized spacial score (nSPS) is 15.1. The molecule has 2 aromatic carbocycles. The minimum absolute atomic E-state index is 0.0242. The van der Waals surface area contributed by atoms with Crippen molar-refractivity contribution in [3.63, 3.8) is 0 Å². The van der Waals surface area contributed by atoms with Crippen molar-refractivity contribution in [2.24, 2.45) is 0 Å². The number of carbonyl (C=O) groups is 1. The van der Waals surface area contributed by atoms with Crippen LogP contribution in [-0.4, -0.2) is 58.5 Å². The highest BCUT2D eigenvalue weighted by molar-refractivity contribution is 7.92. The number of morpholine rings is 1. The molecular formula is C21H22N4O7S2. The predicted octanol–water partition coefficient (Wildman–Crippen LogP) is 2.06. The second-order valence-corrected chi connectivity index (χ2v) is 11.1. The van der Waals surface area contributed by atoms with E-state index in [2.05, 4.69) is 15.2 Å². The largest absolute Gasteiger partial charge is 0.379 e. The Bertz CT molecular complexity index is 1380. The molecule has 0 unspecified atom stereocenters. The number of nitrogens with zero attached hydrogens (tertiary/aromatic N) is 2. The number of ether oxygens (including phenoxy) is 1. The van der Waals surface area contributed by atoms with Gasteiger partial charge in [-0.2, -0.15) is 4.31 Å². The monoisotopic (exact) mass is 506 g/mol.